The van der Waals surface area contributed by atoms with Gasteiger partial charge in [-0.2, -0.15) is 26.3 Å². The molecule has 0 radical (unpaired) electrons. The number of alkyl halides is 6. The minimum absolute atomic E-state index is 0.487. The van der Waals surface area contributed by atoms with E-state index < -0.39 is 24.3 Å². The van der Waals surface area contributed by atoms with Crippen molar-refractivity contribution in [2.75, 3.05) is 19.6 Å². The van der Waals surface area contributed by atoms with Crippen molar-refractivity contribution in [1.29, 1.82) is 0 Å². The average molecular weight is 485 g/mol. The predicted molar refractivity (Wildman–Crippen MR) is 107 cm³/mol. The fraction of sp³-hybridized carbons (Fsp3) is 0.550. The Kier molecular flexibility index (Phi) is 10.1. The van der Waals surface area contributed by atoms with Gasteiger partial charge < -0.3 is 19.7 Å². The van der Waals surface area contributed by atoms with Gasteiger partial charge in [0.25, 0.3) is 0 Å². The second-order valence-corrected chi connectivity index (χ2v) is 7.58. The van der Waals surface area contributed by atoms with Gasteiger partial charge in [-0.05, 0) is 50.9 Å². The van der Waals surface area contributed by atoms with Gasteiger partial charge in [0.05, 0.1) is 17.4 Å². The van der Waals surface area contributed by atoms with Crippen molar-refractivity contribution in [3.63, 3.8) is 0 Å². The quantitative estimate of drug-likeness (QED) is 0.618. The molecule has 1 aliphatic rings. The molecular formula is C20H25F6N3O4. The predicted octanol–water partition coefficient (Wildman–Crippen LogP) is 4.60. The maximum atomic E-state index is 10.6. The molecule has 2 heterocycles. The van der Waals surface area contributed by atoms with E-state index >= 15 is 0 Å². The van der Waals surface area contributed by atoms with Gasteiger partial charge in [0, 0.05) is 12.6 Å². The fourth-order valence-electron chi connectivity index (χ4n) is 3.04. The third-order valence-electron chi connectivity index (χ3n) is 4.84. The van der Waals surface area contributed by atoms with E-state index in [-0.39, 0.29) is 0 Å². The summed E-state index contributed by atoms with van der Waals surface area (Å²) in [4.78, 5) is 24.9. The first kappa shape index (κ1) is 28.2. The molecule has 0 spiro atoms. The van der Waals surface area contributed by atoms with Gasteiger partial charge >= 0.3 is 24.3 Å². The Morgan fingerprint density at radius 3 is 1.94 bits per heavy atom. The van der Waals surface area contributed by atoms with Crippen LogP contribution in [-0.4, -0.2) is 68.6 Å². The van der Waals surface area contributed by atoms with E-state index in [1.54, 1.807) is 0 Å². The highest BCUT2D eigenvalue weighted by Gasteiger charge is 2.38. The van der Waals surface area contributed by atoms with Crippen LogP contribution in [0.15, 0.2) is 30.6 Å². The minimum Gasteiger partial charge on any atom is -0.475 e. The van der Waals surface area contributed by atoms with Gasteiger partial charge in [0.15, 0.2) is 0 Å². The molecule has 0 amide bonds. The molecule has 3 rings (SSSR count). The van der Waals surface area contributed by atoms with Crippen molar-refractivity contribution in [2.24, 2.45) is 5.92 Å². The summed E-state index contributed by atoms with van der Waals surface area (Å²) in [6.45, 7) is 8.29. The zero-order chi connectivity index (χ0) is 25.4. The summed E-state index contributed by atoms with van der Waals surface area (Å²) >= 11 is 0. The topological polar surface area (TPSA) is 95.7 Å². The Morgan fingerprint density at radius 2 is 1.48 bits per heavy atom. The number of carboxylic acid groups (broad SMARTS) is 2. The monoisotopic (exact) mass is 485 g/mol. The van der Waals surface area contributed by atoms with Crippen LogP contribution >= 0.6 is 0 Å². The maximum absolute atomic E-state index is 10.6. The summed E-state index contributed by atoms with van der Waals surface area (Å²) in [5.41, 5.74) is 2.35. The first-order valence-electron chi connectivity index (χ1n) is 9.87. The lowest BCUT2D eigenvalue weighted by atomic mass is 9.99. The van der Waals surface area contributed by atoms with Crippen molar-refractivity contribution in [2.45, 2.75) is 45.1 Å². The van der Waals surface area contributed by atoms with Crippen LogP contribution in [0.5, 0.6) is 0 Å². The van der Waals surface area contributed by atoms with Crippen LogP contribution < -0.4 is 0 Å². The first-order chi connectivity index (χ1) is 15.1. The van der Waals surface area contributed by atoms with E-state index in [1.807, 2.05) is 6.33 Å². The largest absolute Gasteiger partial charge is 0.490 e. The zero-order valence-corrected chi connectivity index (χ0v) is 17.9. The summed E-state index contributed by atoms with van der Waals surface area (Å²) < 4.78 is 65.8. The molecule has 1 atom stereocenters. The van der Waals surface area contributed by atoms with Gasteiger partial charge in [-0.25, -0.2) is 14.6 Å². The molecule has 7 nitrogen and oxygen atoms in total. The second kappa shape index (κ2) is 11.9. The molecule has 186 valence electrons. The molecule has 0 bridgehead atoms. The lowest BCUT2D eigenvalue weighted by molar-refractivity contribution is -0.193. The fourth-order valence-corrected chi connectivity index (χ4v) is 3.04. The van der Waals surface area contributed by atoms with Gasteiger partial charge in [-0.1, -0.05) is 19.1 Å². The summed E-state index contributed by atoms with van der Waals surface area (Å²) in [5, 5.41) is 14.2. The number of aromatic nitrogens is 2. The standard InChI is InChI=1S/C16H23N3.2C2HF3O2/c1-13-7-9-18(10-8-13)11-14(2)19-12-17-15-5-3-4-6-16(15)19;2*3-2(4,5)1(6)7/h3-6,12-14H,7-11H2,1-2H3;2*(H,6,7). The molecule has 2 aromatic rings. The number of halogens is 6. The summed E-state index contributed by atoms with van der Waals surface area (Å²) in [6.07, 6.45) is -5.49. The van der Waals surface area contributed by atoms with E-state index in [0.29, 0.717) is 6.04 Å². The summed E-state index contributed by atoms with van der Waals surface area (Å²) in [6, 6.07) is 8.88. The molecule has 1 aliphatic heterocycles. The van der Waals surface area contributed by atoms with Gasteiger partial charge in [0.2, 0.25) is 0 Å². The highest BCUT2D eigenvalue weighted by Crippen LogP contribution is 2.21. The molecule has 2 N–H and O–H groups in total. The van der Waals surface area contributed by atoms with Crippen LogP contribution in [-0.2, 0) is 9.59 Å². The van der Waals surface area contributed by atoms with E-state index in [1.165, 1.54) is 31.4 Å². The smallest absolute Gasteiger partial charge is 0.475 e. The Bertz CT molecular complexity index is 881. The number of imidazole rings is 1. The second-order valence-electron chi connectivity index (χ2n) is 7.58. The van der Waals surface area contributed by atoms with E-state index in [4.69, 9.17) is 19.8 Å². The number of nitrogens with zero attached hydrogens (tertiary/aromatic N) is 3. The van der Waals surface area contributed by atoms with Gasteiger partial charge in [0.1, 0.15) is 0 Å². The number of para-hydroxylation sites is 2. The molecule has 1 aromatic carbocycles. The molecule has 0 aliphatic carbocycles. The molecule has 33 heavy (non-hydrogen) atoms. The van der Waals surface area contributed by atoms with Crippen LogP contribution in [0.2, 0.25) is 0 Å². The number of aliphatic carboxylic acids is 2. The Balaban J connectivity index is 0.000000324. The number of carboxylic acids is 2. The molecule has 1 saturated heterocycles. The SMILES string of the molecule is CC1CCN(CC(C)n2cnc3ccccc32)CC1.O=C(O)C(F)(F)F.O=C(O)C(F)(F)F. The third kappa shape index (κ3) is 9.68. The number of piperidine rings is 1. The number of rotatable bonds is 3. The van der Waals surface area contributed by atoms with Crippen molar-refractivity contribution in [1.82, 2.24) is 14.5 Å². The lowest BCUT2D eigenvalue weighted by Gasteiger charge is -2.32. The number of hydrogen-bond acceptors (Lipinski definition) is 4. The molecular weight excluding hydrogens is 460 g/mol. The van der Waals surface area contributed by atoms with Crippen LogP contribution in [0.25, 0.3) is 11.0 Å². The highest BCUT2D eigenvalue weighted by molar-refractivity contribution is 5.75. The van der Waals surface area contributed by atoms with Crippen LogP contribution in [0.4, 0.5) is 26.3 Å². The summed E-state index contributed by atoms with van der Waals surface area (Å²) in [5.74, 6) is -4.61. The first-order valence-corrected chi connectivity index (χ1v) is 9.87. The van der Waals surface area contributed by atoms with Crippen LogP contribution in [0.1, 0.15) is 32.7 Å². The maximum Gasteiger partial charge on any atom is 0.490 e. The van der Waals surface area contributed by atoms with E-state index in [0.717, 1.165) is 18.0 Å². The summed E-state index contributed by atoms with van der Waals surface area (Å²) in [7, 11) is 0. The highest BCUT2D eigenvalue weighted by atomic mass is 19.4. The molecule has 1 unspecified atom stereocenters. The van der Waals surface area contributed by atoms with Gasteiger partial charge in [-0.15, -0.1) is 0 Å². The number of benzene rings is 1. The number of carbonyl (C=O) groups is 2. The van der Waals surface area contributed by atoms with Gasteiger partial charge in [-0.3, -0.25) is 0 Å². The van der Waals surface area contributed by atoms with E-state index in [2.05, 4.69) is 52.6 Å². The zero-order valence-electron chi connectivity index (χ0n) is 17.9. The molecule has 1 aromatic heterocycles. The van der Waals surface area contributed by atoms with Crippen molar-refractivity contribution < 1.29 is 46.1 Å². The number of likely N-dealkylation sites (tertiary alicyclic amines) is 1. The number of hydrogen-bond donors (Lipinski definition) is 2. The van der Waals surface area contributed by atoms with Crippen molar-refractivity contribution >= 4 is 23.0 Å². The Hall–Kier alpha value is -2.83. The van der Waals surface area contributed by atoms with Crippen LogP contribution in [0, 0.1) is 5.92 Å². The Labute approximate surface area is 185 Å². The number of fused-ring (bicyclic) bond motifs is 1. The van der Waals surface area contributed by atoms with Crippen molar-refractivity contribution in [3.05, 3.63) is 30.6 Å². The molecule has 1 fully saturated rings. The lowest BCUT2D eigenvalue weighted by Crippen LogP contribution is -2.36. The van der Waals surface area contributed by atoms with E-state index in [9.17, 15) is 26.3 Å². The average Bonchev–Trinajstić information content (AvgIpc) is 3.13. The van der Waals surface area contributed by atoms with Crippen LogP contribution in [0.3, 0.4) is 0 Å². The molecule has 13 heteroatoms. The molecule has 0 saturated carbocycles. The Morgan fingerprint density at radius 1 is 1.03 bits per heavy atom. The minimum atomic E-state index is -5.08. The normalized spacial score (nSPS) is 16.2. The van der Waals surface area contributed by atoms with Crippen molar-refractivity contribution in [3.8, 4) is 0 Å². The third-order valence-corrected chi connectivity index (χ3v) is 4.84.